The van der Waals surface area contributed by atoms with Crippen LogP contribution in [-0.4, -0.2) is 63.1 Å². The van der Waals surface area contributed by atoms with Crippen molar-refractivity contribution in [2.24, 2.45) is 5.73 Å². The van der Waals surface area contributed by atoms with E-state index in [0.29, 0.717) is 37.4 Å². The molecular formula is C35H34BrF3N4O5S. The minimum Gasteiger partial charge on any atom is -0.508 e. The average Bonchev–Trinajstić information content (AvgIpc) is 3.06. The summed E-state index contributed by atoms with van der Waals surface area (Å²) in [7, 11) is 0. The van der Waals surface area contributed by atoms with Crippen LogP contribution in [0, 0.1) is 5.41 Å². The summed E-state index contributed by atoms with van der Waals surface area (Å²) in [5.41, 5.74) is 10.5. The van der Waals surface area contributed by atoms with E-state index < -0.39 is 12.1 Å². The van der Waals surface area contributed by atoms with Crippen LogP contribution in [0.1, 0.15) is 27.0 Å². The van der Waals surface area contributed by atoms with Crippen LogP contribution in [0.4, 0.5) is 13.2 Å². The first kappa shape index (κ1) is 38.6. The Balaban J connectivity index is 0.000000838. The number of halogens is 4. The lowest BCUT2D eigenvalue weighted by Gasteiger charge is -2.24. The van der Waals surface area contributed by atoms with Gasteiger partial charge in [0.1, 0.15) is 5.75 Å². The highest BCUT2D eigenvalue weighted by Gasteiger charge is 2.38. The second-order valence-corrected chi connectivity index (χ2v) is 12.6. The third kappa shape index (κ3) is 13.3. The van der Waals surface area contributed by atoms with Crippen LogP contribution in [0.2, 0.25) is 0 Å². The van der Waals surface area contributed by atoms with Crippen LogP contribution < -0.4 is 11.1 Å². The Morgan fingerprint density at radius 2 is 1.53 bits per heavy atom. The van der Waals surface area contributed by atoms with Gasteiger partial charge in [0.15, 0.2) is 5.17 Å². The van der Waals surface area contributed by atoms with Gasteiger partial charge in [-0.25, -0.2) is 4.79 Å². The van der Waals surface area contributed by atoms with Crippen molar-refractivity contribution in [3.8, 4) is 16.9 Å². The quantitative estimate of drug-likeness (QED) is 0.0617. The van der Waals surface area contributed by atoms with Crippen LogP contribution >= 0.6 is 27.7 Å². The first-order valence-electron chi connectivity index (χ1n) is 14.8. The molecule has 14 heteroatoms. The summed E-state index contributed by atoms with van der Waals surface area (Å²) in [4.78, 5) is 37.3. The Hall–Kier alpha value is -4.82. The Bertz CT molecular complexity index is 1740. The molecule has 0 aliphatic rings. The van der Waals surface area contributed by atoms with Crippen molar-refractivity contribution < 1.29 is 37.8 Å². The number of carbonyl (C=O) groups excluding carboxylic acids is 2. The number of aliphatic carboxylic acids is 1. The molecule has 4 aromatic carbocycles. The summed E-state index contributed by atoms with van der Waals surface area (Å²) in [5.74, 6) is -2.20. The molecule has 0 fully saturated rings. The fraction of sp³-hybridized carbons (Fsp3) is 0.200. The molecule has 2 amide bonds. The molecule has 0 bridgehead atoms. The number of benzene rings is 4. The SMILES string of the molecule is N=C(N)SCCNC(=O)c1ccccc1-c1cccc(CN(CCc2ccc(O)cc2)C(=O)Cc2ccc(Br)cc2)c1.O=C(O)C(F)(F)F. The Kier molecular flexibility index (Phi) is 14.7. The van der Waals surface area contributed by atoms with Crippen LogP contribution in [0.15, 0.2) is 102 Å². The number of hydrogen-bond acceptors (Lipinski definition) is 6. The molecule has 0 saturated heterocycles. The molecule has 9 nitrogen and oxygen atoms in total. The zero-order chi connectivity index (χ0) is 36.0. The van der Waals surface area contributed by atoms with Crippen molar-refractivity contribution >= 4 is 50.6 Å². The van der Waals surface area contributed by atoms with E-state index >= 15 is 0 Å². The summed E-state index contributed by atoms with van der Waals surface area (Å²) in [5, 5.41) is 27.0. The number of rotatable bonds is 12. The second-order valence-electron chi connectivity index (χ2n) is 10.6. The summed E-state index contributed by atoms with van der Waals surface area (Å²) < 4.78 is 32.7. The molecule has 0 aliphatic heterocycles. The largest absolute Gasteiger partial charge is 0.508 e. The maximum atomic E-state index is 13.5. The zero-order valence-electron chi connectivity index (χ0n) is 26.0. The number of alkyl halides is 3. The van der Waals surface area contributed by atoms with Gasteiger partial charge in [0.05, 0.1) is 6.42 Å². The second kappa shape index (κ2) is 18.7. The molecule has 0 unspecified atom stereocenters. The van der Waals surface area contributed by atoms with Crippen molar-refractivity contribution in [1.29, 1.82) is 5.41 Å². The number of amidine groups is 1. The van der Waals surface area contributed by atoms with E-state index in [1.54, 1.807) is 18.2 Å². The molecular weight excluding hydrogens is 725 g/mol. The number of carboxylic acid groups (broad SMARTS) is 1. The zero-order valence-corrected chi connectivity index (χ0v) is 28.4. The van der Waals surface area contributed by atoms with Gasteiger partial charge in [0.2, 0.25) is 5.91 Å². The van der Waals surface area contributed by atoms with E-state index in [-0.39, 0.29) is 29.2 Å². The highest BCUT2D eigenvalue weighted by atomic mass is 79.9. The third-order valence-corrected chi connectivity index (χ3v) is 8.15. The van der Waals surface area contributed by atoms with E-state index in [1.165, 1.54) is 11.8 Å². The Morgan fingerprint density at radius 3 is 2.16 bits per heavy atom. The van der Waals surface area contributed by atoms with Gasteiger partial charge in [-0.05, 0) is 70.6 Å². The number of hydrogen-bond donors (Lipinski definition) is 5. The van der Waals surface area contributed by atoms with Crippen molar-refractivity contribution in [2.45, 2.75) is 25.6 Å². The molecule has 0 saturated carbocycles. The van der Waals surface area contributed by atoms with Gasteiger partial charge in [-0.1, -0.05) is 88.4 Å². The van der Waals surface area contributed by atoms with Crippen LogP contribution in [0.25, 0.3) is 11.1 Å². The summed E-state index contributed by atoms with van der Waals surface area (Å²) in [6.45, 7) is 1.33. The van der Waals surface area contributed by atoms with Gasteiger partial charge >= 0.3 is 12.1 Å². The van der Waals surface area contributed by atoms with E-state index in [1.807, 2.05) is 83.8 Å². The molecule has 0 atom stereocenters. The summed E-state index contributed by atoms with van der Waals surface area (Å²) in [6, 6.07) is 30.2. The number of carboxylic acids is 1. The van der Waals surface area contributed by atoms with Gasteiger partial charge in [0.25, 0.3) is 5.91 Å². The van der Waals surface area contributed by atoms with Gasteiger partial charge in [-0.3, -0.25) is 15.0 Å². The number of phenols is 1. The minimum atomic E-state index is -5.08. The lowest BCUT2D eigenvalue weighted by atomic mass is 9.97. The highest BCUT2D eigenvalue weighted by molar-refractivity contribution is 9.10. The maximum Gasteiger partial charge on any atom is 0.490 e. The van der Waals surface area contributed by atoms with Gasteiger partial charge in [0, 0.05) is 35.4 Å². The number of nitrogens with two attached hydrogens (primary N) is 1. The third-order valence-electron chi connectivity index (χ3n) is 6.90. The molecule has 0 aliphatic carbocycles. The molecule has 0 aromatic heterocycles. The fourth-order valence-electron chi connectivity index (χ4n) is 4.52. The van der Waals surface area contributed by atoms with Crippen molar-refractivity contribution in [1.82, 2.24) is 10.2 Å². The molecule has 4 aromatic rings. The average molecular weight is 760 g/mol. The van der Waals surface area contributed by atoms with Crippen LogP contribution in [0.3, 0.4) is 0 Å². The Morgan fingerprint density at radius 1 is 0.898 bits per heavy atom. The first-order chi connectivity index (χ1) is 23.2. The van der Waals surface area contributed by atoms with Crippen LogP contribution in [0.5, 0.6) is 5.75 Å². The number of amides is 2. The summed E-state index contributed by atoms with van der Waals surface area (Å²) >= 11 is 4.63. The van der Waals surface area contributed by atoms with Crippen molar-refractivity contribution in [2.75, 3.05) is 18.8 Å². The highest BCUT2D eigenvalue weighted by Crippen LogP contribution is 2.26. The molecule has 258 valence electrons. The normalized spacial score (nSPS) is 10.8. The molecule has 0 heterocycles. The molecule has 0 radical (unpaired) electrons. The molecule has 0 spiro atoms. The standard InChI is InChI=1S/C33H33BrN4O3S.C2HF3O2/c34-27-12-8-24(9-13-27)21-31(40)38(18-16-23-10-14-28(39)15-11-23)22-25-4-3-5-26(20-25)29-6-1-2-7-30(29)32(41)37-17-19-42-33(35)36;3-2(4,5)1(6)7/h1-15,20,39H,16-19,21-22H2,(H3,35,36)(H,37,41);(H,6,7). The molecule has 6 N–H and O–H groups in total. The minimum absolute atomic E-state index is 0.0183. The maximum absolute atomic E-state index is 13.5. The van der Waals surface area contributed by atoms with E-state index in [2.05, 4.69) is 21.2 Å². The first-order valence-corrected chi connectivity index (χ1v) is 16.5. The number of phenolic OH excluding ortho intramolecular Hbond substituents is 1. The van der Waals surface area contributed by atoms with E-state index in [0.717, 1.165) is 32.3 Å². The number of thioether (sulfide) groups is 1. The summed E-state index contributed by atoms with van der Waals surface area (Å²) in [6.07, 6.45) is -4.15. The van der Waals surface area contributed by atoms with Gasteiger partial charge in [-0.15, -0.1) is 0 Å². The monoisotopic (exact) mass is 758 g/mol. The smallest absolute Gasteiger partial charge is 0.490 e. The van der Waals surface area contributed by atoms with Crippen molar-refractivity contribution in [3.05, 3.63) is 124 Å². The number of aromatic hydroxyl groups is 1. The Labute approximate surface area is 294 Å². The number of carbonyl (C=O) groups is 3. The number of nitrogens with zero attached hydrogens (tertiary/aromatic N) is 1. The van der Waals surface area contributed by atoms with Gasteiger partial charge in [-0.2, -0.15) is 13.2 Å². The number of nitrogens with one attached hydrogen (secondary N) is 2. The van der Waals surface area contributed by atoms with Gasteiger partial charge < -0.3 is 26.2 Å². The molecule has 4 rings (SSSR count). The lowest BCUT2D eigenvalue weighted by Crippen LogP contribution is -2.33. The predicted octanol–water partition coefficient (Wildman–Crippen LogP) is 6.63. The van der Waals surface area contributed by atoms with Crippen LogP contribution in [-0.2, 0) is 29.0 Å². The lowest BCUT2D eigenvalue weighted by molar-refractivity contribution is -0.192. The van der Waals surface area contributed by atoms with Crippen molar-refractivity contribution in [3.63, 3.8) is 0 Å². The topological polar surface area (TPSA) is 157 Å². The predicted molar refractivity (Wildman–Crippen MR) is 187 cm³/mol. The van der Waals surface area contributed by atoms with E-state index in [9.17, 15) is 27.9 Å². The molecule has 49 heavy (non-hydrogen) atoms. The fourth-order valence-corrected chi connectivity index (χ4v) is 5.21. The van der Waals surface area contributed by atoms with E-state index in [4.69, 9.17) is 21.0 Å².